The summed E-state index contributed by atoms with van der Waals surface area (Å²) in [5.41, 5.74) is 2.23. The van der Waals surface area contributed by atoms with Crippen LogP contribution in [0, 0.1) is 6.92 Å². The highest BCUT2D eigenvalue weighted by atomic mass is 16.5. The maximum Gasteiger partial charge on any atom is 0.123 e. The second kappa shape index (κ2) is 8.40. The van der Waals surface area contributed by atoms with Gasteiger partial charge in [-0.05, 0) is 39.3 Å². The Morgan fingerprint density at radius 2 is 1.81 bits per heavy atom. The van der Waals surface area contributed by atoms with Crippen LogP contribution in [0.3, 0.4) is 0 Å². The van der Waals surface area contributed by atoms with Gasteiger partial charge < -0.3 is 14.8 Å². The van der Waals surface area contributed by atoms with Gasteiger partial charge in [0.1, 0.15) is 5.75 Å². The predicted octanol–water partition coefficient (Wildman–Crippen LogP) is 4.25. The molecule has 3 heteroatoms. The second-order valence-electron chi connectivity index (χ2n) is 5.44. The Kier molecular flexibility index (Phi) is 7.20. The number of hydrogen-bond acceptors (Lipinski definition) is 3. The largest absolute Gasteiger partial charge is 0.496 e. The van der Waals surface area contributed by atoms with Crippen LogP contribution in [-0.4, -0.2) is 25.9 Å². The van der Waals surface area contributed by atoms with Crippen LogP contribution >= 0.6 is 0 Å². The molecule has 0 aromatic heterocycles. The lowest BCUT2D eigenvalue weighted by molar-refractivity contribution is -0.0734. The zero-order valence-corrected chi connectivity index (χ0v) is 14.5. The Balaban J connectivity index is 3.36. The van der Waals surface area contributed by atoms with Gasteiger partial charge in [0, 0.05) is 12.2 Å². The average molecular weight is 293 g/mol. The SMILES string of the molecule is CCNC(c1cc(C)ccc1OC)C(CC)(CC)OCC. The second-order valence-corrected chi connectivity index (χ2v) is 5.44. The normalized spacial score (nSPS) is 13.2. The molecular formula is C18H31NO2. The average Bonchev–Trinajstić information content (AvgIpc) is 2.51. The molecular weight excluding hydrogens is 262 g/mol. The molecule has 1 atom stereocenters. The highest BCUT2D eigenvalue weighted by molar-refractivity contribution is 5.40. The summed E-state index contributed by atoms with van der Waals surface area (Å²) in [7, 11) is 1.73. The summed E-state index contributed by atoms with van der Waals surface area (Å²) in [6.07, 6.45) is 1.93. The van der Waals surface area contributed by atoms with Crippen molar-refractivity contribution in [2.24, 2.45) is 0 Å². The molecule has 0 radical (unpaired) electrons. The van der Waals surface area contributed by atoms with Crippen molar-refractivity contribution in [3.05, 3.63) is 29.3 Å². The molecule has 0 spiro atoms. The number of aryl methyl sites for hydroxylation is 1. The van der Waals surface area contributed by atoms with Gasteiger partial charge in [-0.15, -0.1) is 0 Å². The van der Waals surface area contributed by atoms with Crippen LogP contribution in [0.15, 0.2) is 18.2 Å². The lowest BCUT2D eigenvalue weighted by atomic mass is 9.82. The van der Waals surface area contributed by atoms with E-state index in [-0.39, 0.29) is 11.6 Å². The molecule has 0 fully saturated rings. The maximum absolute atomic E-state index is 6.22. The van der Waals surface area contributed by atoms with E-state index in [1.54, 1.807) is 7.11 Å². The summed E-state index contributed by atoms with van der Waals surface area (Å²) in [6.45, 7) is 12.3. The molecule has 1 rings (SSSR count). The fraction of sp³-hybridized carbons (Fsp3) is 0.667. The number of methoxy groups -OCH3 is 1. The van der Waals surface area contributed by atoms with E-state index in [9.17, 15) is 0 Å². The van der Waals surface area contributed by atoms with Crippen LogP contribution in [0.4, 0.5) is 0 Å². The molecule has 1 N–H and O–H groups in total. The minimum Gasteiger partial charge on any atom is -0.496 e. The lowest BCUT2D eigenvalue weighted by Crippen LogP contribution is -2.45. The first-order valence-corrected chi connectivity index (χ1v) is 8.10. The number of rotatable bonds is 9. The summed E-state index contributed by atoms with van der Waals surface area (Å²) in [6, 6.07) is 6.49. The molecule has 0 saturated heterocycles. The smallest absolute Gasteiger partial charge is 0.123 e. The van der Waals surface area contributed by atoms with Crippen molar-refractivity contribution in [2.45, 2.75) is 59.1 Å². The van der Waals surface area contributed by atoms with E-state index in [0.717, 1.165) is 31.7 Å². The van der Waals surface area contributed by atoms with Gasteiger partial charge in [0.05, 0.1) is 18.8 Å². The van der Waals surface area contributed by atoms with Crippen molar-refractivity contribution in [1.29, 1.82) is 0 Å². The Labute approximate surface area is 130 Å². The monoisotopic (exact) mass is 293 g/mol. The molecule has 0 aliphatic rings. The summed E-state index contributed by atoms with van der Waals surface area (Å²) in [4.78, 5) is 0. The van der Waals surface area contributed by atoms with Gasteiger partial charge in [0.15, 0.2) is 0 Å². The van der Waals surface area contributed by atoms with Crippen LogP contribution in [0.2, 0.25) is 0 Å². The highest BCUT2D eigenvalue weighted by Gasteiger charge is 2.38. The van der Waals surface area contributed by atoms with E-state index in [2.05, 4.69) is 58.1 Å². The molecule has 1 unspecified atom stereocenters. The minimum absolute atomic E-state index is 0.132. The van der Waals surface area contributed by atoms with E-state index in [1.165, 1.54) is 11.1 Å². The third kappa shape index (κ3) is 3.98. The molecule has 3 nitrogen and oxygen atoms in total. The third-order valence-corrected chi connectivity index (χ3v) is 4.26. The molecule has 1 aromatic rings. The Morgan fingerprint density at radius 3 is 2.29 bits per heavy atom. The maximum atomic E-state index is 6.22. The first-order chi connectivity index (χ1) is 10.1. The topological polar surface area (TPSA) is 30.5 Å². The minimum atomic E-state index is -0.203. The molecule has 0 amide bonds. The Hall–Kier alpha value is -1.06. The van der Waals surface area contributed by atoms with Crippen molar-refractivity contribution in [3.63, 3.8) is 0 Å². The van der Waals surface area contributed by atoms with Crippen LogP contribution in [0.25, 0.3) is 0 Å². The van der Waals surface area contributed by atoms with Crippen LogP contribution in [0.5, 0.6) is 5.75 Å². The van der Waals surface area contributed by atoms with Gasteiger partial charge in [0.2, 0.25) is 0 Å². The molecule has 0 heterocycles. The van der Waals surface area contributed by atoms with Crippen LogP contribution in [-0.2, 0) is 4.74 Å². The number of hydrogen-bond donors (Lipinski definition) is 1. The van der Waals surface area contributed by atoms with E-state index >= 15 is 0 Å². The summed E-state index contributed by atoms with van der Waals surface area (Å²) in [5.74, 6) is 0.928. The van der Waals surface area contributed by atoms with Crippen LogP contribution < -0.4 is 10.1 Å². The van der Waals surface area contributed by atoms with Gasteiger partial charge in [-0.1, -0.05) is 38.5 Å². The molecule has 21 heavy (non-hydrogen) atoms. The summed E-state index contributed by atoms with van der Waals surface area (Å²) in [5, 5.41) is 3.62. The van der Waals surface area contributed by atoms with E-state index in [1.807, 2.05) is 0 Å². The van der Waals surface area contributed by atoms with Crippen LogP contribution in [0.1, 0.15) is 57.7 Å². The molecule has 0 aliphatic carbocycles. The summed E-state index contributed by atoms with van der Waals surface area (Å²) >= 11 is 0. The summed E-state index contributed by atoms with van der Waals surface area (Å²) < 4.78 is 11.8. The first-order valence-electron chi connectivity index (χ1n) is 8.10. The third-order valence-electron chi connectivity index (χ3n) is 4.26. The predicted molar refractivity (Wildman–Crippen MR) is 89.1 cm³/mol. The number of likely N-dealkylation sites (N-methyl/N-ethyl adjacent to an activating group) is 1. The quantitative estimate of drug-likeness (QED) is 0.738. The van der Waals surface area contributed by atoms with Crippen molar-refractivity contribution in [3.8, 4) is 5.75 Å². The van der Waals surface area contributed by atoms with Crippen molar-refractivity contribution in [2.75, 3.05) is 20.3 Å². The molecule has 1 aromatic carbocycles. The van der Waals surface area contributed by atoms with Gasteiger partial charge in [-0.3, -0.25) is 0 Å². The Morgan fingerprint density at radius 1 is 1.14 bits per heavy atom. The number of ether oxygens (including phenoxy) is 2. The van der Waals surface area contributed by atoms with Gasteiger partial charge in [-0.25, -0.2) is 0 Å². The number of benzene rings is 1. The lowest BCUT2D eigenvalue weighted by Gasteiger charge is -2.40. The van der Waals surface area contributed by atoms with Crippen molar-refractivity contribution < 1.29 is 9.47 Å². The zero-order valence-electron chi connectivity index (χ0n) is 14.5. The van der Waals surface area contributed by atoms with Gasteiger partial charge in [0.25, 0.3) is 0 Å². The molecule has 120 valence electrons. The molecule has 0 bridgehead atoms. The fourth-order valence-electron chi connectivity index (χ4n) is 3.10. The fourth-order valence-corrected chi connectivity index (χ4v) is 3.10. The van der Waals surface area contributed by atoms with Gasteiger partial charge in [-0.2, -0.15) is 0 Å². The van der Waals surface area contributed by atoms with E-state index in [0.29, 0.717) is 0 Å². The van der Waals surface area contributed by atoms with Crippen molar-refractivity contribution >= 4 is 0 Å². The Bertz CT molecular complexity index is 427. The van der Waals surface area contributed by atoms with E-state index in [4.69, 9.17) is 9.47 Å². The first kappa shape index (κ1) is 18.0. The highest BCUT2D eigenvalue weighted by Crippen LogP contribution is 2.39. The zero-order chi connectivity index (χ0) is 15.9. The molecule has 0 saturated carbocycles. The van der Waals surface area contributed by atoms with E-state index < -0.39 is 0 Å². The van der Waals surface area contributed by atoms with Gasteiger partial charge >= 0.3 is 0 Å². The van der Waals surface area contributed by atoms with Crippen molar-refractivity contribution in [1.82, 2.24) is 5.32 Å². The standard InChI is InChI=1S/C18H31NO2/c1-7-18(8-2,21-10-4)17(19-9-3)15-13-14(5)11-12-16(15)20-6/h11-13,17,19H,7-10H2,1-6H3. The molecule has 0 aliphatic heterocycles. The number of nitrogens with one attached hydrogen (secondary N) is 1.